The zero-order valence-electron chi connectivity index (χ0n) is 21.2. The third kappa shape index (κ3) is 4.61. The Morgan fingerprint density at radius 3 is 2.59 bits per heavy atom. The van der Waals surface area contributed by atoms with Crippen molar-refractivity contribution in [2.75, 3.05) is 18.0 Å². The molecule has 3 heterocycles. The fourth-order valence-corrected chi connectivity index (χ4v) is 7.58. The van der Waals surface area contributed by atoms with Crippen LogP contribution in [0.1, 0.15) is 66.3 Å². The molecule has 0 bridgehead atoms. The van der Waals surface area contributed by atoms with Crippen LogP contribution in [-0.4, -0.2) is 39.8 Å². The quantitative estimate of drug-likeness (QED) is 0.237. The molecule has 2 aromatic carbocycles. The van der Waals surface area contributed by atoms with Crippen molar-refractivity contribution in [1.29, 1.82) is 0 Å². The Balaban J connectivity index is 0.988. The molecule has 2 saturated carbocycles. The minimum Gasteiger partial charge on any atom is -0.476 e. The second-order valence-electron chi connectivity index (χ2n) is 11.1. The summed E-state index contributed by atoms with van der Waals surface area (Å²) >= 11 is 14.2. The summed E-state index contributed by atoms with van der Waals surface area (Å²) in [5.41, 5.74) is 3.99. The molecule has 7 nitrogen and oxygen atoms in total. The normalized spacial score (nSPS) is 19.1. The third-order valence-electron chi connectivity index (χ3n) is 8.60. The van der Waals surface area contributed by atoms with Gasteiger partial charge in [0, 0.05) is 41.2 Å². The first-order valence-corrected chi connectivity index (χ1v) is 14.9. The summed E-state index contributed by atoms with van der Waals surface area (Å²) in [5.74, 6) is 0.340. The Bertz CT molecular complexity index is 1540. The van der Waals surface area contributed by atoms with Crippen LogP contribution in [0.3, 0.4) is 0 Å². The minimum atomic E-state index is -0.979. The van der Waals surface area contributed by atoms with E-state index in [-0.39, 0.29) is 11.8 Å². The molecule has 2 aromatic heterocycles. The second kappa shape index (κ2) is 9.77. The number of rotatable bonds is 7. The monoisotopic (exact) mass is 583 g/mol. The van der Waals surface area contributed by atoms with Crippen molar-refractivity contribution in [1.82, 2.24) is 9.53 Å². The molecule has 39 heavy (non-hydrogen) atoms. The molecule has 7 rings (SSSR count). The van der Waals surface area contributed by atoms with Crippen molar-refractivity contribution in [2.45, 2.75) is 57.2 Å². The molecule has 0 radical (unpaired) electrons. The number of aromatic carboxylic acids is 1. The summed E-state index contributed by atoms with van der Waals surface area (Å²) < 4.78 is 17.2. The SMILES string of the molecule is O=C(O)c1nsc2cc(N3CCC4(CC3)CC(OCc3c(-c5c(Cl)cccc5Cl)noc3C3CC3)C4)ccc12. The lowest BCUT2D eigenvalue weighted by atomic mass is 9.61. The van der Waals surface area contributed by atoms with Crippen LogP contribution in [-0.2, 0) is 11.3 Å². The van der Waals surface area contributed by atoms with E-state index >= 15 is 0 Å². The van der Waals surface area contributed by atoms with Crippen molar-refractivity contribution in [2.24, 2.45) is 5.41 Å². The van der Waals surface area contributed by atoms with Crippen molar-refractivity contribution >= 4 is 56.5 Å². The molecule has 2 aliphatic carbocycles. The van der Waals surface area contributed by atoms with Crippen LogP contribution in [0.25, 0.3) is 21.3 Å². The van der Waals surface area contributed by atoms with Gasteiger partial charge in [0.05, 0.1) is 27.5 Å². The van der Waals surface area contributed by atoms with E-state index in [9.17, 15) is 9.90 Å². The van der Waals surface area contributed by atoms with Gasteiger partial charge in [-0.05, 0) is 85.8 Å². The summed E-state index contributed by atoms with van der Waals surface area (Å²) in [5, 5.41) is 15.5. The van der Waals surface area contributed by atoms with E-state index < -0.39 is 5.97 Å². The lowest BCUT2D eigenvalue weighted by Crippen LogP contribution is -2.50. The van der Waals surface area contributed by atoms with Gasteiger partial charge in [0.25, 0.3) is 0 Å². The molecule has 1 saturated heterocycles. The predicted molar refractivity (Wildman–Crippen MR) is 152 cm³/mol. The zero-order valence-corrected chi connectivity index (χ0v) is 23.5. The zero-order chi connectivity index (χ0) is 26.7. The highest BCUT2D eigenvalue weighted by molar-refractivity contribution is 7.13. The first kappa shape index (κ1) is 25.3. The van der Waals surface area contributed by atoms with Crippen molar-refractivity contribution in [3.63, 3.8) is 0 Å². The van der Waals surface area contributed by atoms with Crippen LogP contribution in [0.15, 0.2) is 40.9 Å². The Labute approximate surface area is 239 Å². The second-order valence-corrected chi connectivity index (χ2v) is 12.7. The van der Waals surface area contributed by atoms with E-state index in [1.807, 2.05) is 30.3 Å². The summed E-state index contributed by atoms with van der Waals surface area (Å²) in [7, 11) is 0. The molecule has 0 atom stereocenters. The van der Waals surface area contributed by atoms with Crippen LogP contribution in [0.2, 0.25) is 10.0 Å². The fraction of sp³-hybridized carbons (Fsp3) is 0.414. The number of benzene rings is 2. The summed E-state index contributed by atoms with van der Waals surface area (Å²) in [6.45, 7) is 2.41. The highest BCUT2D eigenvalue weighted by atomic mass is 35.5. The lowest BCUT2D eigenvalue weighted by molar-refractivity contribution is -0.0979. The first-order chi connectivity index (χ1) is 18.9. The largest absolute Gasteiger partial charge is 0.476 e. The molecule has 1 aliphatic heterocycles. The molecule has 0 amide bonds. The van der Waals surface area contributed by atoms with Crippen molar-refractivity contribution < 1.29 is 19.2 Å². The standard InChI is InChI=1S/C29H27Cl2N3O4S/c30-21-2-1-3-22(31)24(21)25-20(27(38-32-25)16-4-5-16)15-37-18-13-29(14-18)8-10-34(11-9-29)17-6-7-19-23(12-17)39-33-26(19)28(35)36/h1-3,6-7,12,16,18H,4-5,8-11,13-15H2,(H,35,36). The average Bonchev–Trinajstić information content (AvgIpc) is 3.52. The van der Waals surface area contributed by atoms with Gasteiger partial charge in [-0.15, -0.1) is 0 Å². The fourth-order valence-electron chi connectivity index (χ4n) is 6.20. The molecule has 3 aliphatic rings. The smallest absolute Gasteiger partial charge is 0.356 e. The average molecular weight is 585 g/mol. The molecule has 3 fully saturated rings. The van der Waals surface area contributed by atoms with E-state index in [1.165, 1.54) is 11.5 Å². The minimum absolute atomic E-state index is 0.136. The van der Waals surface area contributed by atoms with Crippen LogP contribution in [0.4, 0.5) is 5.69 Å². The lowest BCUT2D eigenvalue weighted by Gasteiger charge is -2.52. The van der Waals surface area contributed by atoms with E-state index in [4.69, 9.17) is 32.5 Å². The topological polar surface area (TPSA) is 88.7 Å². The van der Waals surface area contributed by atoms with Crippen LogP contribution < -0.4 is 4.90 Å². The molecule has 0 unspecified atom stereocenters. The van der Waals surface area contributed by atoms with Gasteiger partial charge >= 0.3 is 5.97 Å². The number of carboxylic acids is 1. The van der Waals surface area contributed by atoms with Gasteiger partial charge in [0.15, 0.2) is 5.69 Å². The predicted octanol–water partition coefficient (Wildman–Crippen LogP) is 7.80. The van der Waals surface area contributed by atoms with Gasteiger partial charge in [-0.3, -0.25) is 0 Å². The number of nitrogens with zero attached hydrogens (tertiary/aromatic N) is 3. The summed E-state index contributed by atoms with van der Waals surface area (Å²) in [6, 6.07) is 11.5. The van der Waals surface area contributed by atoms with E-state index in [0.29, 0.717) is 44.6 Å². The van der Waals surface area contributed by atoms with Crippen LogP contribution >= 0.6 is 34.7 Å². The molecular formula is C29H27Cl2N3O4S. The van der Waals surface area contributed by atoms with Gasteiger partial charge in [-0.2, -0.15) is 4.37 Å². The number of aromatic nitrogens is 2. The number of anilines is 1. The number of hydrogen-bond acceptors (Lipinski definition) is 7. The number of piperidine rings is 1. The van der Waals surface area contributed by atoms with E-state index in [1.54, 1.807) is 0 Å². The van der Waals surface area contributed by atoms with Crippen LogP contribution in [0.5, 0.6) is 0 Å². The summed E-state index contributed by atoms with van der Waals surface area (Å²) in [6.07, 6.45) is 6.79. The number of fused-ring (bicyclic) bond motifs is 1. The van der Waals surface area contributed by atoms with Gasteiger partial charge in [-0.25, -0.2) is 4.79 Å². The van der Waals surface area contributed by atoms with Gasteiger partial charge in [0.1, 0.15) is 11.5 Å². The van der Waals surface area contributed by atoms with Gasteiger partial charge in [-0.1, -0.05) is 34.4 Å². The molecule has 202 valence electrons. The number of carbonyl (C=O) groups is 1. The van der Waals surface area contributed by atoms with Gasteiger partial charge < -0.3 is 19.3 Å². The highest BCUT2D eigenvalue weighted by Gasteiger charge is 2.47. The molecule has 4 aromatic rings. The number of carboxylic acid groups (broad SMARTS) is 1. The summed E-state index contributed by atoms with van der Waals surface area (Å²) in [4.78, 5) is 13.8. The maximum absolute atomic E-state index is 11.4. The number of ether oxygens (including phenoxy) is 1. The molecule has 1 N–H and O–H groups in total. The highest BCUT2D eigenvalue weighted by Crippen LogP contribution is 2.52. The number of hydrogen-bond donors (Lipinski definition) is 1. The van der Waals surface area contributed by atoms with Crippen molar-refractivity contribution in [3.8, 4) is 11.3 Å². The molecule has 1 spiro atoms. The van der Waals surface area contributed by atoms with Crippen LogP contribution in [0, 0.1) is 5.41 Å². The van der Waals surface area contributed by atoms with E-state index in [0.717, 1.165) is 73.3 Å². The maximum Gasteiger partial charge on any atom is 0.356 e. The van der Waals surface area contributed by atoms with Gasteiger partial charge in [0.2, 0.25) is 0 Å². The Morgan fingerprint density at radius 1 is 1.15 bits per heavy atom. The Kier molecular flexibility index (Phi) is 6.34. The Morgan fingerprint density at radius 2 is 1.90 bits per heavy atom. The molecule has 10 heteroatoms. The Hall–Kier alpha value is -2.65. The number of halogens is 2. The molecular weight excluding hydrogens is 557 g/mol. The third-order valence-corrected chi connectivity index (χ3v) is 10.0. The van der Waals surface area contributed by atoms with E-state index in [2.05, 4.69) is 20.5 Å². The van der Waals surface area contributed by atoms with Crippen molar-refractivity contribution in [3.05, 3.63) is 63.5 Å². The first-order valence-electron chi connectivity index (χ1n) is 13.3. The maximum atomic E-state index is 11.4.